The van der Waals surface area contributed by atoms with Crippen LogP contribution in [-0.4, -0.2) is 0 Å². The minimum Gasteiger partial charge on any atom is -0.489 e. The van der Waals surface area contributed by atoms with Gasteiger partial charge in [-0.3, -0.25) is 0 Å². The maximum atomic E-state index is 6.16. The number of fused-ring (bicyclic) bond motifs is 9. The minimum absolute atomic E-state index is 0.344. The van der Waals surface area contributed by atoms with E-state index in [9.17, 15) is 0 Å². The van der Waals surface area contributed by atoms with Crippen LogP contribution < -0.4 is 4.74 Å². The van der Waals surface area contributed by atoms with E-state index in [4.69, 9.17) is 4.74 Å². The molecule has 1 saturated carbocycles. The monoisotopic (exact) mass is 450 g/mol. The highest BCUT2D eigenvalue weighted by Gasteiger charge is 2.53. The molecule has 33 heavy (non-hydrogen) atoms. The van der Waals surface area contributed by atoms with E-state index in [1.54, 1.807) is 21.4 Å². The Kier molecular flexibility index (Phi) is 4.49. The number of benzene rings is 3. The predicted molar refractivity (Wildman–Crippen MR) is 137 cm³/mol. The Balaban J connectivity index is 1.17. The number of aryl methyl sites for hydroxylation is 1. The van der Waals surface area contributed by atoms with Crippen molar-refractivity contribution < 1.29 is 4.74 Å². The molecule has 4 atom stereocenters. The highest BCUT2D eigenvalue weighted by Crippen LogP contribution is 2.61. The standard InChI is InChI=1S/C31H30OS/c1-31-15-13-26-25-12-10-24(32-19-20-5-3-2-4-6-20)17-22(25)9-11-27(26)28(31)18-23-8-7-21-14-16-33-30(21)29(23)31/h2-8,10,12,14,16-17,26-28H,9,11,13,15,18-19H2,1H3/t26?,27?,28?,31-/m0/s1. The van der Waals surface area contributed by atoms with Gasteiger partial charge in [-0.25, -0.2) is 0 Å². The minimum atomic E-state index is 0.344. The third kappa shape index (κ3) is 3.03. The van der Waals surface area contributed by atoms with E-state index in [0.29, 0.717) is 17.9 Å². The van der Waals surface area contributed by atoms with Crippen LogP contribution in [0, 0.1) is 11.8 Å². The van der Waals surface area contributed by atoms with Crippen molar-refractivity contribution in [2.24, 2.45) is 11.8 Å². The number of hydrogen-bond donors (Lipinski definition) is 0. The second-order valence-corrected chi connectivity index (χ2v) is 11.6. The van der Waals surface area contributed by atoms with Crippen LogP contribution >= 0.6 is 11.3 Å². The normalized spacial score (nSPS) is 27.5. The largest absolute Gasteiger partial charge is 0.489 e. The van der Waals surface area contributed by atoms with Gasteiger partial charge in [0.15, 0.2) is 0 Å². The Morgan fingerprint density at radius 1 is 0.970 bits per heavy atom. The topological polar surface area (TPSA) is 9.23 Å². The van der Waals surface area contributed by atoms with Gasteiger partial charge < -0.3 is 4.74 Å². The average molecular weight is 451 g/mol. The zero-order chi connectivity index (χ0) is 22.0. The molecule has 3 aliphatic carbocycles. The van der Waals surface area contributed by atoms with Crippen LogP contribution in [0.5, 0.6) is 5.75 Å². The second kappa shape index (κ2) is 7.46. The lowest BCUT2D eigenvalue weighted by molar-refractivity contribution is 0.106. The molecule has 1 aromatic heterocycles. The molecule has 7 rings (SSSR count). The van der Waals surface area contributed by atoms with Crippen LogP contribution in [0.3, 0.4) is 0 Å². The lowest BCUT2D eigenvalue weighted by Crippen LogP contribution is -2.43. The van der Waals surface area contributed by atoms with E-state index < -0.39 is 0 Å². The van der Waals surface area contributed by atoms with Crippen molar-refractivity contribution in [3.05, 3.63) is 99.9 Å². The van der Waals surface area contributed by atoms with E-state index in [-0.39, 0.29) is 0 Å². The molecule has 3 unspecified atom stereocenters. The quantitative estimate of drug-likeness (QED) is 0.307. The van der Waals surface area contributed by atoms with Crippen LogP contribution in [0.4, 0.5) is 0 Å². The summed E-state index contributed by atoms with van der Waals surface area (Å²) in [6.45, 7) is 3.23. The summed E-state index contributed by atoms with van der Waals surface area (Å²) < 4.78 is 7.72. The van der Waals surface area contributed by atoms with Gasteiger partial charge in [0.05, 0.1) is 0 Å². The van der Waals surface area contributed by atoms with Crippen LogP contribution in [0.15, 0.2) is 72.1 Å². The molecule has 1 heterocycles. The van der Waals surface area contributed by atoms with Gasteiger partial charge in [-0.05, 0) is 112 Å². The molecule has 1 fully saturated rings. The fourth-order valence-electron chi connectivity index (χ4n) is 7.50. The SMILES string of the molecule is C[C@]12CCC3c4ccc(OCc5ccccc5)cc4CCC3C1Cc1ccc3ccsc3c12. The summed E-state index contributed by atoms with van der Waals surface area (Å²) in [5.41, 5.74) is 8.04. The molecule has 2 heteroatoms. The zero-order valence-electron chi connectivity index (χ0n) is 19.2. The van der Waals surface area contributed by atoms with Gasteiger partial charge >= 0.3 is 0 Å². The van der Waals surface area contributed by atoms with Gasteiger partial charge in [0.25, 0.3) is 0 Å². The second-order valence-electron chi connectivity index (χ2n) is 10.6. The van der Waals surface area contributed by atoms with Crippen LogP contribution in [0.2, 0.25) is 0 Å². The van der Waals surface area contributed by atoms with Crippen molar-refractivity contribution >= 4 is 21.4 Å². The molecule has 3 aliphatic rings. The van der Waals surface area contributed by atoms with Crippen LogP contribution in [0.1, 0.15) is 59.9 Å². The lowest BCUT2D eigenvalue weighted by atomic mass is 9.55. The molecule has 166 valence electrons. The Morgan fingerprint density at radius 2 is 1.88 bits per heavy atom. The van der Waals surface area contributed by atoms with Crippen LogP contribution in [-0.2, 0) is 24.9 Å². The molecule has 0 amide bonds. The summed E-state index contributed by atoms with van der Waals surface area (Å²) in [6, 6.07) is 24.5. The van der Waals surface area contributed by atoms with Crippen molar-refractivity contribution in [3.8, 4) is 5.75 Å². The predicted octanol–water partition coefficient (Wildman–Crippen LogP) is 8.05. The number of hydrogen-bond acceptors (Lipinski definition) is 2. The third-order valence-corrected chi connectivity index (χ3v) is 10.0. The third-order valence-electron chi connectivity index (χ3n) is 9.05. The fraction of sp³-hybridized carbons (Fsp3) is 0.355. The first kappa shape index (κ1) is 19.9. The maximum Gasteiger partial charge on any atom is 0.120 e. The first-order chi connectivity index (χ1) is 16.2. The van der Waals surface area contributed by atoms with E-state index in [0.717, 1.165) is 17.6 Å². The van der Waals surface area contributed by atoms with Crippen LogP contribution in [0.25, 0.3) is 10.1 Å². The van der Waals surface area contributed by atoms with Gasteiger partial charge in [0.1, 0.15) is 12.4 Å². The molecule has 1 nitrogen and oxygen atoms in total. The molecule has 0 radical (unpaired) electrons. The summed E-state index contributed by atoms with van der Waals surface area (Å²) in [5.74, 6) is 3.31. The number of ether oxygens (including phenoxy) is 1. The summed E-state index contributed by atoms with van der Waals surface area (Å²) in [6.07, 6.45) is 6.41. The first-order valence-electron chi connectivity index (χ1n) is 12.5. The van der Waals surface area contributed by atoms with Crippen molar-refractivity contribution in [1.82, 2.24) is 0 Å². The van der Waals surface area contributed by atoms with Crippen molar-refractivity contribution in [1.29, 1.82) is 0 Å². The molecular weight excluding hydrogens is 420 g/mol. The summed E-state index contributed by atoms with van der Waals surface area (Å²) in [7, 11) is 0. The molecular formula is C31H30OS. The van der Waals surface area contributed by atoms with E-state index >= 15 is 0 Å². The van der Waals surface area contributed by atoms with E-state index in [2.05, 4.69) is 79.0 Å². The number of thiophene rings is 1. The summed E-state index contributed by atoms with van der Waals surface area (Å²) >= 11 is 1.96. The van der Waals surface area contributed by atoms with Gasteiger partial charge in [0, 0.05) is 4.70 Å². The number of rotatable bonds is 3. The maximum absolute atomic E-state index is 6.16. The highest BCUT2D eigenvalue weighted by atomic mass is 32.1. The lowest BCUT2D eigenvalue weighted by Gasteiger charge is -2.49. The van der Waals surface area contributed by atoms with Gasteiger partial charge in [0.2, 0.25) is 0 Å². The van der Waals surface area contributed by atoms with Gasteiger partial charge in [-0.2, -0.15) is 0 Å². The summed E-state index contributed by atoms with van der Waals surface area (Å²) in [5, 5.41) is 3.72. The summed E-state index contributed by atoms with van der Waals surface area (Å²) in [4.78, 5) is 0. The smallest absolute Gasteiger partial charge is 0.120 e. The van der Waals surface area contributed by atoms with E-state index in [1.165, 1.54) is 48.6 Å². The average Bonchev–Trinajstić information content (AvgIpc) is 3.44. The highest BCUT2D eigenvalue weighted by molar-refractivity contribution is 7.17. The van der Waals surface area contributed by atoms with Gasteiger partial charge in [-0.1, -0.05) is 55.5 Å². The first-order valence-corrected chi connectivity index (χ1v) is 13.4. The molecule has 0 bridgehead atoms. The molecule has 0 saturated heterocycles. The Labute approximate surface area is 200 Å². The molecule has 4 aromatic rings. The molecule has 0 spiro atoms. The molecule has 0 N–H and O–H groups in total. The molecule has 0 aliphatic heterocycles. The Morgan fingerprint density at radius 3 is 2.79 bits per heavy atom. The Hall–Kier alpha value is -2.58. The zero-order valence-corrected chi connectivity index (χ0v) is 20.0. The van der Waals surface area contributed by atoms with Gasteiger partial charge in [-0.15, -0.1) is 11.3 Å². The Bertz CT molecular complexity index is 1340. The van der Waals surface area contributed by atoms with Crippen molar-refractivity contribution in [3.63, 3.8) is 0 Å². The fourth-order valence-corrected chi connectivity index (χ4v) is 8.61. The molecule has 3 aromatic carbocycles. The van der Waals surface area contributed by atoms with Crippen molar-refractivity contribution in [2.75, 3.05) is 0 Å². The van der Waals surface area contributed by atoms with Crippen molar-refractivity contribution in [2.45, 2.75) is 57.0 Å². The van der Waals surface area contributed by atoms with E-state index in [1.807, 2.05) is 11.3 Å².